The van der Waals surface area contributed by atoms with Crippen molar-refractivity contribution in [3.63, 3.8) is 0 Å². The molecule has 0 bridgehead atoms. The maximum atomic E-state index is 12.3. The molecule has 0 saturated heterocycles. The molecule has 158 valence electrons. The zero-order valence-electron chi connectivity index (χ0n) is 17.7. The van der Waals surface area contributed by atoms with Crippen LogP contribution in [0.2, 0.25) is 0 Å². The Morgan fingerprint density at radius 2 is 1.69 bits per heavy atom. The Kier molecular flexibility index (Phi) is 9.32. The van der Waals surface area contributed by atoms with Gasteiger partial charge in [0.15, 0.2) is 0 Å². The first-order valence-electron chi connectivity index (χ1n) is 10.2. The fraction of sp³-hybridized carbons (Fsp3) is 0.458. The minimum absolute atomic E-state index is 0.0654. The van der Waals surface area contributed by atoms with Crippen LogP contribution >= 0.6 is 0 Å². The van der Waals surface area contributed by atoms with Gasteiger partial charge in [0, 0.05) is 32.2 Å². The first-order chi connectivity index (χ1) is 13.9. The molecule has 0 heterocycles. The summed E-state index contributed by atoms with van der Waals surface area (Å²) in [6, 6.07) is 19.7. The fourth-order valence-electron chi connectivity index (χ4n) is 3.27. The van der Waals surface area contributed by atoms with Gasteiger partial charge in [-0.1, -0.05) is 60.7 Å². The van der Waals surface area contributed by atoms with Crippen molar-refractivity contribution in [3.05, 3.63) is 71.8 Å². The fourth-order valence-corrected chi connectivity index (χ4v) is 3.27. The van der Waals surface area contributed by atoms with Crippen LogP contribution in [0.15, 0.2) is 60.7 Å². The number of carbonyl (C=O) groups excluding carboxylic acids is 1. The Morgan fingerprint density at radius 1 is 1.07 bits per heavy atom. The number of rotatable bonds is 12. The number of hydrogen-bond donors (Lipinski definition) is 3. The summed E-state index contributed by atoms with van der Waals surface area (Å²) >= 11 is 0. The number of ether oxygens (including phenoxy) is 1. The van der Waals surface area contributed by atoms with Crippen LogP contribution in [0, 0.1) is 0 Å². The molecule has 0 spiro atoms. The molecule has 2 aromatic rings. The molecule has 0 saturated carbocycles. The topological polar surface area (TPSA) is 70.6 Å². The van der Waals surface area contributed by atoms with Crippen LogP contribution in [0.5, 0.6) is 0 Å². The third kappa shape index (κ3) is 7.97. The summed E-state index contributed by atoms with van der Waals surface area (Å²) in [5.74, 6) is -0.0654. The summed E-state index contributed by atoms with van der Waals surface area (Å²) in [5, 5.41) is 17.4. The average Bonchev–Trinajstić information content (AvgIpc) is 2.73. The molecule has 5 nitrogen and oxygen atoms in total. The van der Waals surface area contributed by atoms with Crippen molar-refractivity contribution in [3.8, 4) is 0 Å². The lowest BCUT2D eigenvalue weighted by molar-refractivity contribution is -0.123. The zero-order valence-corrected chi connectivity index (χ0v) is 17.7. The van der Waals surface area contributed by atoms with Crippen LogP contribution in [-0.4, -0.2) is 43.4 Å². The molecular formula is C24H34N2O3. The molecule has 3 N–H and O–H groups in total. The molecule has 0 aliphatic carbocycles. The number of hydrogen-bond acceptors (Lipinski definition) is 4. The van der Waals surface area contributed by atoms with Crippen LogP contribution in [0.3, 0.4) is 0 Å². The molecule has 2 aromatic carbocycles. The van der Waals surface area contributed by atoms with Crippen molar-refractivity contribution in [2.45, 2.75) is 50.8 Å². The number of amides is 1. The van der Waals surface area contributed by atoms with Crippen molar-refractivity contribution in [2.24, 2.45) is 0 Å². The van der Waals surface area contributed by atoms with Crippen LogP contribution in [0.1, 0.15) is 37.8 Å². The molecule has 5 heteroatoms. The standard InChI is InChI=1S/C24H34N2O3/c1-24(2,20-13-8-5-9-14-20)25-18-22(27)21(17-19-11-6-4-7-12-19)26-23(28)15-10-16-29-3/h4-9,11-14,21-22,25,27H,10,15-18H2,1-3H3,(H,26,28)/t21-,22+/m0/s1. The third-order valence-electron chi connectivity index (χ3n) is 5.11. The molecule has 0 unspecified atom stereocenters. The van der Waals surface area contributed by atoms with Gasteiger partial charge in [0.1, 0.15) is 0 Å². The van der Waals surface area contributed by atoms with E-state index in [-0.39, 0.29) is 17.5 Å². The number of methoxy groups -OCH3 is 1. The second-order valence-electron chi connectivity index (χ2n) is 7.90. The first-order valence-corrected chi connectivity index (χ1v) is 10.2. The van der Waals surface area contributed by atoms with Crippen molar-refractivity contribution in [2.75, 3.05) is 20.3 Å². The summed E-state index contributed by atoms with van der Waals surface area (Å²) in [4.78, 5) is 12.3. The van der Waals surface area contributed by atoms with Gasteiger partial charge in [0.05, 0.1) is 12.1 Å². The van der Waals surface area contributed by atoms with Crippen LogP contribution in [-0.2, 0) is 21.5 Å². The van der Waals surface area contributed by atoms with Crippen molar-refractivity contribution in [1.29, 1.82) is 0 Å². The van der Waals surface area contributed by atoms with E-state index in [1.54, 1.807) is 7.11 Å². The Balaban J connectivity index is 2.01. The predicted octanol–water partition coefficient (Wildman–Crippen LogP) is 3.03. The molecule has 0 aliphatic heterocycles. The SMILES string of the molecule is COCCCC(=O)N[C@@H](Cc1ccccc1)[C@H](O)CNC(C)(C)c1ccccc1. The summed E-state index contributed by atoms with van der Waals surface area (Å²) in [7, 11) is 1.63. The predicted molar refractivity (Wildman–Crippen MR) is 117 cm³/mol. The molecule has 29 heavy (non-hydrogen) atoms. The Morgan fingerprint density at radius 3 is 2.31 bits per heavy atom. The number of carbonyl (C=O) groups is 1. The van der Waals surface area contributed by atoms with E-state index in [2.05, 4.69) is 36.6 Å². The van der Waals surface area contributed by atoms with Gasteiger partial charge in [0.25, 0.3) is 0 Å². The van der Waals surface area contributed by atoms with Gasteiger partial charge in [-0.3, -0.25) is 4.79 Å². The number of benzene rings is 2. The molecule has 0 radical (unpaired) electrons. The van der Waals surface area contributed by atoms with Crippen molar-refractivity contribution < 1.29 is 14.6 Å². The van der Waals surface area contributed by atoms with E-state index in [1.807, 2.05) is 48.5 Å². The van der Waals surface area contributed by atoms with Crippen LogP contribution < -0.4 is 10.6 Å². The van der Waals surface area contributed by atoms with Crippen LogP contribution in [0.4, 0.5) is 0 Å². The first kappa shape index (κ1) is 23.1. The molecule has 0 aliphatic rings. The van der Waals surface area contributed by atoms with E-state index < -0.39 is 6.10 Å². The number of nitrogens with one attached hydrogen (secondary N) is 2. The van der Waals surface area contributed by atoms with Gasteiger partial charge < -0.3 is 20.5 Å². The normalized spacial score (nSPS) is 13.7. The van der Waals surface area contributed by atoms with Gasteiger partial charge in [0.2, 0.25) is 5.91 Å². The smallest absolute Gasteiger partial charge is 0.220 e. The van der Waals surface area contributed by atoms with E-state index in [4.69, 9.17) is 4.74 Å². The summed E-state index contributed by atoms with van der Waals surface area (Å²) < 4.78 is 5.02. The van der Waals surface area contributed by atoms with Crippen LogP contribution in [0.25, 0.3) is 0 Å². The largest absolute Gasteiger partial charge is 0.390 e. The minimum Gasteiger partial charge on any atom is -0.390 e. The minimum atomic E-state index is -0.718. The van der Waals surface area contributed by atoms with E-state index in [0.717, 1.165) is 11.1 Å². The summed E-state index contributed by atoms with van der Waals surface area (Å²) in [5.41, 5.74) is 1.94. The van der Waals surface area contributed by atoms with Crippen molar-refractivity contribution in [1.82, 2.24) is 10.6 Å². The highest BCUT2D eigenvalue weighted by Gasteiger charge is 2.25. The maximum Gasteiger partial charge on any atom is 0.220 e. The van der Waals surface area contributed by atoms with E-state index in [9.17, 15) is 9.90 Å². The highest BCUT2D eigenvalue weighted by Crippen LogP contribution is 2.19. The van der Waals surface area contributed by atoms with Gasteiger partial charge in [-0.2, -0.15) is 0 Å². The quantitative estimate of drug-likeness (QED) is 0.481. The molecule has 0 fully saturated rings. The third-order valence-corrected chi connectivity index (χ3v) is 5.11. The lowest BCUT2D eigenvalue weighted by Crippen LogP contribution is -2.51. The molecule has 1 amide bonds. The van der Waals surface area contributed by atoms with E-state index in [0.29, 0.717) is 32.4 Å². The van der Waals surface area contributed by atoms with Gasteiger partial charge in [-0.15, -0.1) is 0 Å². The Labute approximate surface area is 174 Å². The molecule has 2 atom stereocenters. The number of aliphatic hydroxyl groups is 1. The Hall–Kier alpha value is -2.21. The van der Waals surface area contributed by atoms with E-state index >= 15 is 0 Å². The zero-order chi connectivity index (χ0) is 21.1. The number of aliphatic hydroxyl groups excluding tert-OH is 1. The maximum absolute atomic E-state index is 12.3. The average molecular weight is 399 g/mol. The summed E-state index contributed by atoms with van der Waals surface area (Å²) in [6.45, 7) is 5.10. The summed E-state index contributed by atoms with van der Waals surface area (Å²) in [6.07, 6.45) is 0.903. The van der Waals surface area contributed by atoms with Crippen molar-refractivity contribution >= 4 is 5.91 Å². The highest BCUT2D eigenvalue weighted by molar-refractivity contribution is 5.76. The monoisotopic (exact) mass is 398 g/mol. The lowest BCUT2D eigenvalue weighted by Gasteiger charge is -2.31. The van der Waals surface area contributed by atoms with Gasteiger partial charge in [-0.05, 0) is 37.8 Å². The highest BCUT2D eigenvalue weighted by atomic mass is 16.5. The van der Waals surface area contributed by atoms with E-state index in [1.165, 1.54) is 0 Å². The molecule has 2 rings (SSSR count). The molecular weight excluding hydrogens is 364 g/mol. The molecule has 0 aromatic heterocycles. The second kappa shape index (κ2) is 11.7. The lowest BCUT2D eigenvalue weighted by atomic mass is 9.93. The Bertz CT molecular complexity index is 719. The van der Waals surface area contributed by atoms with Gasteiger partial charge in [-0.25, -0.2) is 0 Å². The second-order valence-corrected chi connectivity index (χ2v) is 7.90. The van der Waals surface area contributed by atoms with Gasteiger partial charge >= 0.3 is 0 Å².